The third-order valence-electron chi connectivity index (χ3n) is 6.46. The maximum Gasteiger partial charge on any atom is 0.573 e. The highest BCUT2D eigenvalue weighted by Crippen LogP contribution is 2.30. The normalized spacial score (nSPS) is 12.2. The summed E-state index contributed by atoms with van der Waals surface area (Å²) in [5, 5.41) is 0. The Hall–Kier alpha value is -3.84. The Balaban J connectivity index is 1.86. The summed E-state index contributed by atoms with van der Waals surface area (Å²) in [7, 11) is -1.40. The SMILES string of the molecule is CCCCn1c(=O)c2c(nc(Oc3cccc(OC(F)(F)F)c3)n2Cc2ccccc2)n(COCC[Si](C)(C)C)c1=O. The second kappa shape index (κ2) is 13.0. The van der Waals surface area contributed by atoms with Gasteiger partial charge in [0, 0.05) is 27.3 Å². The van der Waals surface area contributed by atoms with E-state index in [2.05, 4.69) is 29.4 Å². The summed E-state index contributed by atoms with van der Waals surface area (Å²) in [5.74, 6) is -0.465. The molecule has 2 heterocycles. The summed E-state index contributed by atoms with van der Waals surface area (Å²) in [5.41, 5.74) is -0.0699. The lowest BCUT2D eigenvalue weighted by Crippen LogP contribution is -2.41. The highest BCUT2D eigenvalue weighted by Gasteiger charge is 2.31. The molecule has 0 unspecified atom stereocenters. The van der Waals surface area contributed by atoms with Gasteiger partial charge in [-0.15, -0.1) is 13.2 Å². The minimum Gasteiger partial charge on any atom is -0.425 e. The first-order chi connectivity index (χ1) is 19.9. The van der Waals surface area contributed by atoms with Crippen molar-refractivity contribution < 1.29 is 27.4 Å². The van der Waals surface area contributed by atoms with Crippen LogP contribution in [0.5, 0.6) is 17.5 Å². The summed E-state index contributed by atoms with van der Waals surface area (Å²) in [6.45, 7) is 9.30. The summed E-state index contributed by atoms with van der Waals surface area (Å²) in [6.07, 6.45) is -3.50. The van der Waals surface area contributed by atoms with Gasteiger partial charge in [0.25, 0.3) is 5.56 Å². The van der Waals surface area contributed by atoms with E-state index in [9.17, 15) is 22.8 Å². The maximum atomic E-state index is 13.8. The number of ether oxygens (including phenoxy) is 3. The van der Waals surface area contributed by atoms with Gasteiger partial charge in [0.15, 0.2) is 11.2 Å². The van der Waals surface area contributed by atoms with E-state index >= 15 is 0 Å². The van der Waals surface area contributed by atoms with Crippen LogP contribution in [0, 0.1) is 0 Å². The number of benzene rings is 2. The van der Waals surface area contributed by atoms with Crippen molar-refractivity contribution in [2.75, 3.05) is 6.61 Å². The molecule has 9 nitrogen and oxygen atoms in total. The quantitative estimate of drug-likeness (QED) is 0.133. The molecule has 0 radical (unpaired) electrons. The van der Waals surface area contributed by atoms with Crippen LogP contribution in [0.2, 0.25) is 25.7 Å². The van der Waals surface area contributed by atoms with Crippen LogP contribution in [0.3, 0.4) is 0 Å². The third kappa shape index (κ3) is 7.91. The fraction of sp³-hybridized carbons (Fsp3) is 0.414. The van der Waals surface area contributed by atoms with Crippen molar-refractivity contribution in [1.29, 1.82) is 0 Å². The van der Waals surface area contributed by atoms with Gasteiger partial charge >= 0.3 is 18.1 Å². The molecule has 0 N–H and O–H groups in total. The van der Waals surface area contributed by atoms with E-state index in [1.807, 2.05) is 37.3 Å². The van der Waals surface area contributed by atoms with Gasteiger partial charge < -0.3 is 14.2 Å². The van der Waals surface area contributed by atoms with Crippen molar-refractivity contribution in [3.05, 3.63) is 81.0 Å². The van der Waals surface area contributed by atoms with Gasteiger partial charge in [0.2, 0.25) is 0 Å². The van der Waals surface area contributed by atoms with Gasteiger partial charge in [-0.25, -0.2) is 4.79 Å². The van der Waals surface area contributed by atoms with Crippen LogP contribution < -0.4 is 20.7 Å². The minimum atomic E-state index is -4.88. The van der Waals surface area contributed by atoms with E-state index in [1.54, 1.807) is 0 Å². The number of aromatic nitrogens is 4. The Labute approximate surface area is 242 Å². The molecule has 0 saturated carbocycles. The fourth-order valence-corrected chi connectivity index (χ4v) is 5.02. The summed E-state index contributed by atoms with van der Waals surface area (Å²) in [4.78, 5) is 31.9. The van der Waals surface area contributed by atoms with Gasteiger partial charge in [0.05, 0.1) is 6.54 Å². The Kier molecular flexibility index (Phi) is 9.62. The molecule has 0 fully saturated rings. The zero-order valence-corrected chi connectivity index (χ0v) is 25.1. The van der Waals surface area contributed by atoms with Crippen molar-refractivity contribution in [3.8, 4) is 17.5 Å². The van der Waals surface area contributed by atoms with E-state index in [0.717, 1.165) is 30.2 Å². The second-order valence-electron chi connectivity index (χ2n) is 11.1. The molecule has 226 valence electrons. The van der Waals surface area contributed by atoms with Gasteiger partial charge in [-0.3, -0.25) is 18.5 Å². The highest BCUT2D eigenvalue weighted by atomic mass is 28.3. The number of nitrogens with zero attached hydrogens (tertiary/aromatic N) is 4. The molecule has 0 aliphatic heterocycles. The average Bonchev–Trinajstić information content (AvgIpc) is 3.24. The van der Waals surface area contributed by atoms with Gasteiger partial charge in [-0.2, -0.15) is 4.98 Å². The van der Waals surface area contributed by atoms with Crippen LogP contribution >= 0.6 is 0 Å². The van der Waals surface area contributed by atoms with E-state index < -0.39 is 31.4 Å². The molecule has 0 saturated heterocycles. The van der Waals surface area contributed by atoms with Crippen molar-refractivity contribution in [2.24, 2.45) is 0 Å². The number of hydrogen-bond acceptors (Lipinski definition) is 6. The molecule has 0 amide bonds. The lowest BCUT2D eigenvalue weighted by atomic mass is 10.2. The number of halogens is 3. The summed E-state index contributed by atoms with van der Waals surface area (Å²) in [6, 6.07) is 15.1. The monoisotopic (exact) mass is 604 g/mol. The van der Waals surface area contributed by atoms with Gasteiger partial charge in [-0.1, -0.05) is 69.4 Å². The molecule has 2 aromatic carbocycles. The average molecular weight is 605 g/mol. The molecule has 42 heavy (non-hydrogen) atoms. The zero-order chi connectivity index (χ0) is 30.5. The smallest absolute Gasteiger partial charge is 0.425 e. The minimum absolute atomic E-state index is 0.00737. The number of fused-ring (bicyclic) bond motifs is 1. The summed E-state index contributed by atoms with van der Waals surface area (Å²) < 4.78 is 58.4. The molecule has 0 spiro atoms. The number of alkyl halides is 3. The van der Waals surface area contributed by atoms with Gasteiger partial charge in [0.1, 0.15) is 18.2 Å². The van der Waals surface area contributed by atoms with E-state index in [1.165, 1.54) is 25.8 Å². The molecule has 4 rings (SSSR count). The molecule has 13 heteroatoms. The van der Waals surface area contributed by atoms with Crippen LogP contribution in [0.1, 0.15) is 25.3 Å². The molecule has 0 aliphatic rings. The number of imidazole rings is 1. The Morgan fingerprint density at radius 1 is 0.929 bits per heavy atom. The van der Waals surface area contributed by atoms with E-state index in [4.69, 9.17) is 9.47 Å². The molecular weight excluding hydrogens is 569 g/mol. The van der Waals surface area contributed by atoms with Crippen LogP contribution in [0.15, 0.2) is 64.2 Å². The standard InChI is InChI=1S/C29H35F3N4O5Si/c1-5-6-15-34-26(37)24-25(36(28(34)38)20-39-16-17-42(2,3)4)33-27(35(24)19-21-11-8-7-9-12-21)40-22-13-10-14-23(18-22)41-29(30,31)32/h7-14,18H,5-6,15-17,19-20H2,1-4H3. The molecule has 2 aromatic heterocycles. The molecule has 0 aliphatic carbocycles. The molecule has 4 aromatic rings. The molecular formula is C29H35F3N4O5Si. The first-order valence-electron chi connectivity index (χ1n) is 13.8. The van der Waals surface area contributed by atoms with Crippen LogP contribution in [0.4, 0.5) is 13.2 Å². The van der Waals surface area contributed by atoms with Gasteiger partial charge in [-0.05, 0) is 30.2 Å². The molecule has 0 bridgehead atoms. The first-order valence-corrected chi connectivity index (χ1v) is 17.5. The van der Waals surface area contributed by atoms with Crippen LogP contribution in [-0.2, 0) is 24.6 Å². The Morgan fingerprint density at radius 3 is 2.31 bits per heavy atom. The van der Waals surface area contributed by atoms with Crippen LogP contribution in [-0.4, -0.2) is 39.7 Å². The van der Waals surface area contributed by atoms with Crippen molar-refractivity contribution in [2.45, 2.75) is 71.6 Å². The lowest BCUT2D eigenvalue weighted by molar-refractivity contribution is -0.274. The Morgan fingerprint density at radius 2 is 1.64 bits per heavy atom. The van der Waals surface area contributed by atoms with Crippen LogP contribution in [0.25, 0.3) is 11.2 Å². The number of rotatable bonds is 13. The highest BCUT2D eigenvalue weighted by molar-refractivity contribution is 6.76. The number of hydrogen-bond donors (Lipinski definition) is 0. The zero-order valence-electron chi connectivity index (χ0n) is 24.1. The predicted octanol–water partition coefficient (Wildman–Crippen LogP) is 6.21. The lowest BCUT2D eigenvalue weighted by Gasteiger charge is -2.16. The number of unbranched alkanes of at least 4 members (excludes halogenated alkanes) is 1. The first kappa shape index (κ1) is 31.1. The maximum absolute atomic E-state index is 13.8. The van der Waals surface area contributed by atoms with Crippen molar-refractivity contribution >= 4 is 19.2 Å². The van der Waals surface area contributed by atoms with E-state index in [0.29, 0.717) is 13.0 Å². The third-order valence-corrected chi connectivity index (χ3v) is 8.17. The molecule has 0 atom stereocenters. The summed E-state index contributed by atoms with van der Waals surface area (Å²) >= 11 is 0. The topological polar surface area (TPSA) is 89.5 Å². The fourth-order valence-electron chi connectivity index (χ4n) is 4.27. The Bertz CT molecular complexity index is 1630. The largest absolute Gasteiger partial charge is 0.573 e. The van der Waals surface area contributed by atoms with E-state index in [-0.39, 0.29) is 42.7 Å². The van der Waals surface area contributed by atoms with Crippen molar-refractivity contribution in [3.63, 3.8) is 0 Å². The predicted molar refractivity (Wildman–Crippen MR) is 156 cm³/mol. The second-order valence-corrected chi connectivity index (χ2v) is 16.8. The van der Waals surface area contributed by atoms with Crippen molar-refractivity contribution in [1.82, 2.24) is 18.7 Å².